The maximum absolute atomic E-state index is 6.86. The predicted molar refractivity (Wildman–Crippen MR) is 120 cm³/mol. The highest BCUT2D eigenvalue weighted by atomic mass is 28.5. The van der Waals surface area contributed by atoms with Crippen molar-refractivity contribution in [3.8, 4) is 0 Å². The first-order valence-corrected chi connectivity index (χ1v) is 16.8. The summed E-state index contributed by atoms with van der Waals surface area (Å²) in [5, 5.41) is 2.41. The second-order valence-corrected chi connectivity index (χ2v) is 20.2. The summed E-state index contributed by atoms with van der Waals surface area (Å²) in [7, 11) is -6.29. The molecular formula is C20H36O2Si3. The van der Waals surface area contributed by atoms with Crippen molar-refractivity contribution in [1.29, 1.82) is 0 Å². The molecule has 0 heterocycles. The van der Waals surface area contributed by atoms with Crippen LogP contribution in [-0.4, -0.2) is 25.2 Å². The van der Waals surface area contributed by atoms with E-state index in [9.17, 15) is 0 Å². The van der Waals surface area contributed by atoms with Crippen molar-refractivity contribution < 1.29 is 8.23 Å². The van der Waals surface area contributed by atoms with Crippen molar-refractivity contribution in [1.82, 2.24) is 0 Å². The molecule has 5 heteroatoms. The molecule has 0 unspecified atom stereocenters. The molecule has 0 bridgehead atoms. The van der Waals surface area contributed by atoms with E-state index in [1.54, 1.807) is 0 Å². The lowest BCUT2D eigenvalue weighted by atomic mass is 10.4. The van der Waals surface area contributed by atoms with E-state index in [2.05, 4.69) is 99.9 Å². The van der Waals surface area contributed by atoms with Gasteiger partial charge in [-0.15, -0.1) is 0 Å². The van der Waals surface area contributed by atoms with Crippen molar-refractivity contribution in [2.75, 3.05) is 0 Å². The largest absolute Gasteiger partial charge is 0.430 e. The van der Waals surface area contributed by atoms with Crippen LogP contribution in [0.25, 0.3) is 0 Å². The van der Waals surface area contributed by atoms with Gasteiger partial charge in [0.1, 0.15) is 0 Å². The van der Waals surface area contributed by atoms with Crippen LogP contribution in [0.2, 0.25) is 39.3 Å². The molecule has 25 heavy (non-hydrogen) atoms. The van der Waals surface area contributed by atoms with Gasteiger partial charge in [-0.05, 0) is 49.7 Å². The first kappa shape index (κ1) is 24.0. The van der Waals surface area contributed by atoms with E-state index in [1.807, 2.05) is 0 Å². The molecule has 0 aliphatic rings. The lowest BCUT2D eigenvalue weighted by molar-refractivity contribution is 0.413. The van der Waals surface area contributed by atoms with Crippen LogP contribution in [0.15, 0.2) is 60.7 Å². The highest BCUT2D eigenvalue weighted by Gasteiger charge is 2.48. The van der Waals surface area contributed by atoms with Gasteiger partial charge in [-0.25, -0.2) is 0 Å². The number of rotatable bonds is 6. The van der Waals surface area contributed by atoms with Crippen molar-refractivity contribution in [3.63, 3.8) is 0 Å². The van der Waals surface area contributed by atoms with Crippen LogP contribution in [0.4, 0.5) is 0 Å². The molecule has 2 aromatic carbocycles. The van der Waals surface area contributed by atoms with Crippen molar-refractivity contribution in [3.05, 3.63) is 60.7 Å². The minimum absolute atomic E-state index is 0. The van der Waals surface area contributed by atoms with Crippen molar-refractivity contribution in [2.45, 2.75) is 54.1 Å². The molecule has 0 saturated heterocycles. The summed E-state index contributed by atoms with van der Waals surface area (Å²) in [4.78, 5) is 0. The van der Waals surface area contributed by atoms with Gasteiger partial charge in [0.05, 0.1) is 0 Å². The number of hydrogen-bond donors (Lipinski definition) is 0. The topological polar surface area (TPSA) is 18.5 Å². The van der Waals surface area contributed by atoms with Crippen molar-refractivity contribution >= 4 is 35.6 Å². The Labute approximate surface area is 158 Å². The van der Waals surface area contributed by atoms with Crippen LogP contribution < -0.4 is 10.4 Å². The third-order valence-corrected chi connectivity index (χ3v) is 12.6. The number of hydrogen-bond acceptors (Lipinski definition) is 2. The van der Waals surface area contributed by atoms with E-state index < -0.39 is 25.2 Å². The summed E-state index contributed by atoms with van der Waals surface area (Å²) < 4.78 is 13.7. The van der Waals surface area contributed by atoms with Gasteiger partial charge in [0, 0.05) is 0 Å². The van der Waals surface area contributed by atoms with Crippen molar-refractivity contribution in [2.24, 2.45) is 0 Å². The Hall–Kier alpha value is -0.989. The molecule has 0 aliphatic carbocycles. The lowest BCUT2D eigenvalue weighted by Crippen LogP contribution is -2.69. The third-order valence-electron chi connectivity index (χ3n) is 3.21. The van der Waals surface area contributed by atoms with Gasteiger partial charge < -0.3 is 8.23 Å². The molecule has 0 amide bonds. The molecule has 2 rings (SSSR count). The fourth-order valence-corrected chi connectivity index (χ4v) is 13.5. The van der Waals surface area contributed by atoms with Gasteiger partial charge in [-0.1, -0.05) is 75.5 Å². The standard InChI is InChI=1S/C18H28O2Si3.2CH4/c1-21(2,3)19-23(20-22(4,5)6,17-13-9-7-10-14-17)18-15-11-8-12-16-18;;/h7-16H,1-6H3;2*1H4. The first-order valence-electron chi connectivity index (χ1n) is 8.14. The van der Waals surface area contributed by atoms with E-state index in [0.29, 0.717) is 0 Å². The zero-order chi connectivity index (χ0) is 17.1. The Morgan fingerprint density at radius 1 is 0.520 bits per heavy atom. The smallest absolute Gasteiger partial charge is 0.386 e. The maximum Gasteiger partial charge on any atom is 0.386 e. The minimum atomic E-state index is -2.70. The minimum Gasteiger partial charge on any atom is -0.430 e. The van der Waals surface area contributed by atoms with E-state index in [0.717, 1.165) is 0 Å². The summed E-state index contributed by atoms with van der Waals surface area (Å²) >= 11 is 0. The Kier molecular flexibility index (Phi) is 8.73. The molecule has 0 aliphatic heterocycles. The van der Waals surface area contributed by atoms with Gasteiger partial charge in [0.15, 0.2) is 16.6 Å². The van der Waals surface area contributed by atoms with Crippen LogP contribution >= 0.6 is 0 Å². The average Bonchev–Trinajstić information content (AvgIpc) is 2.45. The van der Waals surface area contributed by atoms with Crippen LogP contribution in [0, 0.1) is 0 Å². The molecule has 0 saturated carbocycles. The highest BCUT2D eigenvalue weighted by Crippen LogP contribution is 2.21. The fourth-order valence-electron chi connectivity index (χ4n) is 2.60. The Balaban J connectivity index is 0.00000288. The predicted octanol–water partition coefficient (Wildman–Crippen LogP) is 5.22. The Bertz CT molecular complexity index is 559. The molecule has 0 N–H and O–H groups in total. The Morgan fingerprint density at radius 3 is 1.04 bits per heavy atom. The van der Waals surface area contributed by atoms with E-state index in [-0.39, 0.29) is 14.9 Å². The molecule has 2 aromatic rings. The van der Waals surface area contributed by atoms with Gasteiger partial charge in [-0.3, -0.25) is 0 Å². The van der Waals surface area contributed by atoms with Crippen LogP contribution in [0.3, 0.4) is 0 Å². The third kappa shape index (κ3) is 6.67. The second-order valence-electron chi connectivity index (χ2n) is 7.78. The van der Waals surface area contributed by atoms with Gasteiger partial charge in [0.2, 0.25) is 0 Å². The van der Waals surface area contributed by atoms with Crippen LogP contribution in [0.1, 0.15) is 14.9 Å². The monoisotopic (exact) mass is 392 g/mol. The molecule has 140 valence electrons. The van der Waals surface area contributed by atoms with Crippen LogP contribution in [0.5, 0.6) is 0 Å². The molecule has 0 atom stereocenters. The molecule has 0 radical (unpaired) electrons. The van der Waals surface area contributed by atoms with Gasteiger partial charge in [0.25, 0.3) is 0 Å². The zero-order valence-electron chi connectivity index (χ0n) is 15.1. The molecule has 2 nitrogen and oxygen atoms in total. The summed E-state index contributed by atoms with van der Waals surface area (Å²) in [6.07, 6.45) is 0. The maximum atomic E-state index is 6.86. The highest BCUT2D eigenvalue weighted by molar-refractivity contribution is 7.02. The summed E-state index contributed by atoms with van der Waals surface area (Å²) in [6, 6.07) is 21.1. The normalized spacial score (nSPS) is 12.1. The van der Waals surface area contributed by atoms with E-state index in [1.165, 1.54) is 10.4 Å². The molecule has 0 spiro atoms. The van der Waals surface area contributed by atoms with Gasteiger partial charge in [-0.2, -0.15) is 0 Å². The molecule has 0 fully saturated rings. The molecule has 0 aromatic heterocycles. The Morgan fingerprint density at radius 2 is 0.800 bits per heavy atom. The SMILES string of the molecule is C.C.C[Si](C)(C)O[Si](O[Si](C)(C)C)(c1ccccc1)c1ccccc1. The van der Waals surface area contributed by atoms with E-state index >= 15 is 0 Å². The average molecular weight is 393 g/mol. The van der Waals surface area contributed by atoms with Crippen LogP contribution in [-0.2, 0) is 8.23 Å². The number of benzene rings is 2. The van der Waals surface area contributed by atoms with Gasteiger partial charge >= 0.3 is 8.56 Å². The lowest BCUT2D eigenvalue weighted by Gasteiger charge is -2.41. The fraction of sp³-hybridized carbons (Fsp3) is 0.400. The summed E-state index contributed by atoms with van der Waals surface area (Å²) in [5.74, 6) is 0. The quantitative estimate of drug-likeness (QED) is 0.628. The zero-order valence-corrected chi connectivity index (χ0v) is 18.1. The summed E-state index contributed by atoms with van der Waals surface area (Å²) in [5.41, 5.74) is 0. The summed E-state index contributed by atoms with van der Waals surface area (Å²) in [6.45, 7) is 13.5. The first-order chi connectivity index (χ1) is 10.6. The second kappa shape index (κ2) is 9.09. The molecular weight excluding hydrogens is 356 g/mol. The van der Waals surface area contributed by atoms with E-state index in [4.69, 9.17) is 8.23 Å².